The van der Waals surface area contributed by atoms with Crippen LogP contribution in [0.25, 0.3) is 0 Å². The molecule has 0 aromatic heterocycles. The van der Waals surface area contributed by atoms with Crippen LogP contribution in [0.1, 0.15) is 34.6 Å². The van der Waals surface area contributed by atoms with E-state index in [2.05, 4.69) is 5.32 Å². The van der Waals surface area contributed by atoms with Crippen LogP contribution >= 0.6 is 0 Å². The minimum Gasteiger partial charge on any atom is -0.478 e. The van der Waals surface area contributed by atoms with Crippen LogP contribution in [0.15, 0.2) is 24.3 Å². The second-order valence-electron chi connectivity index (χ2n) is 4.73. The number of benzene rings is 1. The first-order valence-corrected chi connectivity index (χ1v) is 6.20. The van der Waals surface area contributed by atoms with E-state index in [1.54, 1.807) is 12.1 Å². The number of amides is 2. The van der Waals surface area contributed by atoms with E-state index in [1.165, 1.54) is 24.1 Å². The van der Waals surface area contributed by atoms with Crippen molar-refractivity contribution < 1.29 is 19.5 Å². The maximum absolute atomic E-state index is 12.2. The Bertz CT molecular complexity index is 526. The van der Waals surface area contributed by atoms with Crippen LogP contribution in [0, 0.1) is 0 Å². The zero-order chi connectivity index (χ0) is 15.3. The molecule has 0 radical (unpaired) electrons. The van der Waals surface area contributed by atoms with Crippen LogP contribution < -0.4 is 5.32 Å². The highest BCUT2D eigenvalue weighted by atomic mass is 16.4. The van der Waals surface area contributed by atoms with Crippen molar-refractivity contribution in [3.05, 3.63) is 35.4 Å². The first-order chi connectivity index (χ1) is 9.32. The zero-order valence-electron chi connectivity index (χ0n) is 11.7. The molecule has 0 saturated carbocycles. The summed E-state index contributed by atoms with van der Waals surface area (Å²) in [5.41, 5.74) is -0.00605. The summed E-state index contributed by atoms with van der Waals surface area (Å²) in [4.78, 5) is 36.0. The lowest BCUT2D eigenvalue weighted by atomic mass is 10.1. The van der Waals surface area contributed by atoms with Crippen molar-refractivity contribution in [1.29, 1.82) is 0 Å². The second-order valence-corrected chi connectivity index (χ2v) is 4.73. The molecule has 1 rings (SSSR count). The summed E-state index contributed by atoms with van der Waals surface area (Å²) in [5.74, 6) is -1.96. The monoisotopic (exact) mass is 278 g/mol. The van der Waals surface area contributed by atoms with Gasteiger partial charge in [0.25, 0.3) is 5.91 Å². The van der Waals surface area contributed by atoms with Gasteiger partial charge in [0.05, 0.1) is 17.7 Å². The van der Waals surface area contributed by atoms with Gasteiger partial charge in [-0.3, -0.25) is 9.59 Å². The Morgan fingerprint density at radius 3 is 2.25 bits per heavy atom. The molecular weight excluding hydrogens is 260 g/mol. The summed E-state index contributed by atoms with van der Waals surface area (Å²) in [7, 11) is 1.46. The van der Waals surface area contributed by atoms with Crippen molar-refractivity contribution >= 4 is 17.8 Å². The van der Waals surface area contributed by atoms with Crippen LogP contribution in [0.5, 0.6) is 0 Å². The molecule has 0 aliphatic rings. The molecule has 0 aliphatic heterocycles. The van der Waals surface area contributed by atoms with Gasteiger partial charge in [-0.05, 0) is 26.0 Å². The van der Waals surface area contributed by atoms with Crippen molar-refractivity contribution in [3.8, 4) is 0 Å². The fraction of sp³-hybridized carbons (Fsp3) is 0.357. The van der Waals surface area contributed by atoms with Gasteiger partial charge in [-0.25, -0.2) is 4.79 Å². The average molecular weight is 278 g/mol. The van der Waals surface area contributed by atoms with Gasteiger partial charge in [0, 0.05) is 13.1 Å². The van der Waals surface area contributed by atoms with Crippen molar-refractivity contribution in [2.24, 2.45) is 0 Å². The molecule has 108 valence electrons. The Balaban J connectivity index is 2.85. The lowest BCUT2D eigenvalue weighted by molar-refractivity contribution is -0.122. The van der Waals surface area contributed by atoms with Crippen molar-refractivity contribution in [3.63, 3.8) is 0 Å². The third-order valence-electron chi connectivity index (χ3n) is 2.57. The summed E-state index contributed by atoms with van der Waals surface area (Å²) in [6.45, 7) is 3.52. The molecule has 0 spiro atoms. The predicted octanol–water partition coefficient (Wildman–Crippen LogP) is 0.981. The Morgan fingerprint density at radius 1 is 1.20 bits per heavy atom. The summed E-state index contributed by atoms with van der Waals surface area (Å²) in [6, 6.07) is 5.91. The summed E-state index contributed by atoms with van der Waals surface area (Å²) >= 11 is 0. The molecule has 0 unspecified atom stereocenters. The van der Waals surface area contributed by atoms with Gasteiger partial charge in [0.2, 0.25) is 5.91 Å². The lowest BCUT2D eigenvalue weighted by Gasteiger charge is -2.18. The minimum absolute atomic E-state index is 0.0164. The van der Waals surface area contributed by atoms with E-state index in [0.717, 1.165) is 0 Å². The van der Waals surface area contributed by atoms with E-state index in [4.69, 9.17) is 5.11 Å². The highest BCUT2D eigenvalue weighted by Crippen LogP contribution is 2.11. The first kappa shape index (κ1) is 15.7. The molecule has 0 fully saturated rings. The van der Waals surface area contributed by atoms with E-state index in [0.29, 0.717) is 0 Å². The van der Waals surface area contributed by atoms with Crippen molar-refractivity contribution in [1.82, 2.24) is 10.2 Å². The zero-order valence-corrected chi connectivity index (χ0v) is 11.7. The molecule has 6 heteroatoms. The standard InChI is InChI=1S/C14H18N2O4/c1-9(2)15-12(17)8-16(3)13(18)10-6-4-5-7-11(10)14(19)20/h4-7,9H,8H2,1-3H3,(H,15,17)(H,19,20). The molecule has 0 saturated heterocycles. The van der Waals surface area contributed by atoms with E-state index in [1.807, 2.05) is 13.8 Å². The number of nitrogens with one attached hydrogen (secondary N) is 1. The lowest BCUT2D eigenvalue weighted by Crippen LogP contribution is -2.41. The number of nitrogens with zero attached hydrogens (tertiary/aromatic N) is 1. The normalized spacial score (nSPS) is 10.2. The molecule has 20 heavy (non-hydrogen) atoms. The predicted molar refractivity (Wildman–Crippen MR) is 73.6 cm³/mol. The number of hydrogen-bond acceptors (Lipinski definition) is 3. The molecule has 0 bridgehead atoms. The van der Waals surface area contributed by atoms with Gasteiger partial charge >= 0.3 is 5.97 Å². The van der Waals surface area contributed by atoms with Crippen LogP contribution in [-0.4, -0.2) is 47.4 Å². The van der Waals surface area contributed by atoms with Gasteiger partial charge in [0.15, 0.2) is 0 Å². The van der Waals surface area contributed by atoms with E-state index in [-0.39, 0.29) is 29.6 Å². The molecule has 6 nitrogen and oxygen atoms in total. The van der Waals surface area contributed by atoms with Crippen LogP contribution in [0.2, 0.25) is 0 Å². The maximum Gasteiger partial charge on any atom is 0.336 e. The van der Waals surface area contributed by atoms with Crippen molar-refractivity contribution in [2.75, 3.05) is 13.6 Å². The highest BCUT2D eigenvalue weighted by Gasteiger charge is 2.20. The number of aromatic carboxylic acids is 1. The van der Waals surface area contributed by atoms with Gasteiger partial charge in [-0.1, -0.05) is 12.1 Å². The van der Waals surface area contributed by atoms with Gasteiger partial charge in [-0.15, -0.1) is 0 Å². The van der Waals surface area contributed by atoms with Crippen LogP contribution in [0.3, 0.4) is 0 Å². The maximum atomic E-state index is 12.2. The molecular formula is C14H18N2O4. The van der Waals surface area contributed by atoms with E-state index >= 15 is 0 Å². The van der Waals surface area contributed by atoms with Gasteiger partial charge in [0.1, 0.15) is 0 Å². The first-order valence-electron chi connectivity index (χ1n) is 6.20. The fourth-order valence-electron chi connectivity index (χ4n) is 1.72. The number of hydrogen-bond donors (Lipinski definition) is 2. The Kier molecular flexibility index (Phi) is 5.25. The summed E-state index contributed by atoms with van der Waals surface area (Å²) in [6.07, 6.45) is 0. The molecule has 1 aromatic carbocycles. The molecule has 0 atom stereocenters. The fourth-order valence-corrected chi connectivity index (χ4v) is 1.72. The smallest absolute Gasteiger partial charge is 0.336 e. The van der Waals surface area contributed by atoms with Gasteiger partial charge in [-0.2, -0.15) is 0 Å². The number of rotatable bonds is 5. The van der Waals surface area contributed by atoms with E-state index < -0.39 is 11.9 Å². The second kappa shape index (κ2) is 6.70. The molecule has 2 N–H and O–H groups in total. The number of carboxylic acid groups (broad SMARTS) is 1. The third kappa shape index (κ3) is 4.08. The molecule has 0 heterocycles. The van der Waals surface area contributed by atoms with E-state index in [9.17, 15) is 14.4 Å². The van der Waals surface area contributed by atoms with Crippen LogP contribution in [-0.2, 0) is 4.79 Å². The van der Waals surface area contributed by atoms with Crippen LogP contribution in [0.4, 0.5) is 0 Å². The summed E-state index contributed by atoms with van der Waals surface area (Å²) < 4.78 is 0. The highest BCUT2D eigenvalue weighted by molar-refractivity contribution is 6.05. The number of likely N-dealkylation sites (N-methyl/N-ethyl adjacent to an activating group) is 1. The largest absolute Gasteiger partial charge is 0.478 e. The summed E-state index contributed by atoms with van der Waals surface area (Å²) in [5, 5.41) is 11.7. The Labute approximate surface area is 117 Å². The topological polar surface area (TPSA) is 86.7 Å². The SMILES string of the molecule is CC(C)NC(=O)CN(C)C(=O)c1ccccc1C(=O)O. The van der Waals surface area contributed by atoms with Gasteiger partial charge < -0.3 is 15.3 Å². The number of carbonyl (C=O) groups is 3. The van der Waals surface area contributed by atoms with Crippen molar-refractivity contribution in [2.45, 2.75) is 19.9 Å². The molecule has 2 amide bonds. The minimum atomic E-state index is -1.17. The number of carbonyl (C=O) groups excluding carboxylic acids is 2. The third-order valence-corrected chi connectivity index (χ3v) is 2.57. The molecule has 1 aromatic rings. The Hall–Kier alpha value is -2.37. The quantitative estimate of drug-likeness (QED) is 0.840. The average Bonchev–Trinajstić information content (AvgIpc) is 2.36. The number of carboxylic acids is 1. The molecule has 0 aliphatic carbocycles. The Morgan fingerprint density at radius 2 is 1.75 bits per heavy atom.